The normalized spacial score (nSPS) is 38.8. The smallest absolute Gasteiger partial charge is 0.300 e. The molecule has 0 N–H and O–H groups in total. The van der Waals surface area contributed by atoms with Crippen molar-refractivity contribution in [1.82, 2.24) is 4.67 Å². The molecule has 0 aromatic carbocycles. The Balaban J connectivity index is 2.75. The number of hydrogen-bond acceptors (Lipinski definition) is 3. The third-order valence-corrected chi connectivity index (χ3v) is 3.51. The van der Waals surface area contributed by atoms with Crippen molar-refractivity contribution in [1.29, 1.82) is 0 Å². The average Bonchev–Trinajstić information content (AvgIpc) is 2.29. The highest BCUT2D eigenvalue weighted by molar-refractivity contribution is 7.51. The highest BCUT2D eigenvalue weighted by Crippen LogP contribution is 2.55. The molecular formula is C6H10NO3P. The lowest BCUT2D eigenvalue weighted by molar-refractivity contribution is 0.232. The highest BCUT2D eigenvalue weighted by Gasteiger charge is 2.40. The van der Waals surface area contributed by atoms with Gasteiger partial charge in [-0.25, -0.2) is 9.24 Å². The maximum atomic E-state index is 11.5. The summed E-state index contributed by atoms with van der Waals surface area (Å²) in [6, 6.07) is 0. The summed E-state index contributed by atoms with van der Waals surface area (Å²) in [7, 11) is -0.0260. The molecule has 5 heteroatoms. The van der Waals surface area contributed by atoms with Crippen molar-refractivity contribution in [2.75, 3.05) is 20.7 Å². The minimum atomic E-state index is -3.02. The Morgan fingerprint density at radius 3 is 2.82 bits per heavy atom. The van der Waals surface area contributed by atoms with Gasteiger partial charge in [-0.3, -0.25) is 9.05 Å². The van der Waals surface area contributed by atoms with Gasteiger partial charge in [-0.1, -0.05) is 5.92 Å². The molecule has 0 saturated carbocycles. The van der Waals surface area contributed by atoms with Crippen LogP contribution in [0.25, 0.3) is 0 Å². The zero-order valence-electron chi connectivity index (χ0n) is 6.48. The van der Waals surface area contributed by atoms with Crippen molar-refractivity contribution >= 4 is 7.75 Å². The topological polar surface area (TPSA) is 38.8 Å². The molecule has 0 aliphatic carbocycles. The van der Waals surface area contributed by atoms with Gasteiger partial charge in [0.05, 0.1) is 0 Å². The summed E-state index contributed by atoms with van der Waals surface area (Å²) < 4.78 is 22.7. The second kappa shape index (κ2) is 2.96. The van der Waals surface area contributed by atoms with Crippen LogP contribution in [-0.4, -0.2) is 31.5 Å². The van der Waals surface area contributed by atoms with E-state index in [9.17, 15) is 4.57 Å². The Bertz CT molecular complexity index is 234. The largest absolute Gasteiger partial charge is 0.409 e. The molecule has 4 nitrogen and oxygen atoms in total. The molecule has 11 heavy (non-hydrogen) atoms. The molecule has 2 atom stereocenters. The summed E-state index contributed by atoms with van der Waals surface area (Å²) >= 11 is 0. The summed E-state index contributed by atoms with van der Waals surface area (Å²) in [5.41, 5.74) is 0. The molecule has 0 amide bonds. The van der Waals surface area contributed by atoms with Gasteiger partial charge in [0, 0.05) is 13.7 Å². The second-order valence-corrected chi connectivity index (χ2v) is 4.45. The summed E-state index contributed by atoms with van der Waals surface area (Å²) in [5.74, 6) is 2.37. The zero-order chi connectivity index (χ0) is 8.48. The lowest BCUT2D eigenvalue weighted by Gasteiger charge is -2.13. The van der Waals surface area contributed by atoms with E-state index in [1.807, 2.05) is 0 Å². The number of likely N-dealkylation sites (N-methyl/N-ethyl adjacent to an activating group) is 1. The van der Waals surface area contributed by atoms with Crippen LogP contribution in [0.15, 0.2) is 0 Å². The third-order valence-electron chi connectivity index (χ3n) is 1.53. The Labute approximate surface area is 66.1 Å². The first-order valence-electron chi connectivity index (χ1n) is 3.14. The van der Waals surface area contributed by atoms with Gasteiger partial charge < -0.3 is 0 Å². The molecule has 2 unspecified atom stereocenters. The van der Waals surface area contributed by atoms with E-state index in [-0.39, 0.29) is 0 Å². The lowest BCUT2D eigenvalue weighted by atomic mass is 10.4. The maximum absolute atomic E-state index is 11.5. The summed E-state index contributed by atoms with van der Waals surface area (Å²) in [6.07, 6.45) is 4.68. The van der Waals surface area contributed by atoms with E-state index in [1.165, 1.54) is 11.8 Å². The quantitative estimate of drug-likeness (QED) is 0.434. The fourth-order valence-corrected chi connectivity index (χ4v) is 2.20. The van der Waals surface area contributed by atoms with Gasteiger partial charge in [-0.2, -0.15) is 0 Å². The molecule has 0 radical (unpaired) electrons. The van der Waals surface area contributed by atoms with E-state index in [2.05, 4.69) is 5.92 Å². The predicted molar refractivity (Wildman–Crippen MR) is 41.0 cm³/mol. The van der Waals surface area contributed by atoms with Crippen molar-refractivity contribution in [2.24, 2.45) is 0 Å². The van der Waals surface area contributed by atoms with Crippen LogP contribution in [0.5, 0.6) is 0 Å². The molecule has 62 valence electrons. The Hall–Kier alpha value is -0.330. The van der Waals surface area contributed by atoms with Gasteiger partial charge in [0.2, 0.25) is 0 Å². The summed E-state index contributed by atoms with van der Waals surface area (Å²) in [5, 5.41) is 0. The summed E-state index contributed by atoms with van der Waals surface area (Å²) in [4.78, 5) is 0. The number of rotatable bonds is 1. The van der Waals surface area contributed by atoms with Gasteiger partial charge in [0.25, 0.3) is 0 Å². The van der Waals surface area contributed by atoms with Crippen LogP contribution in [0.1, 0.15) is 0 Å². The van der Waals surface area contributed by atoms with Crippen molar-refractivity contribution in [3.8, 4) is 12.3 Å². The molecule has 0 aromatic rings. The van der Waals surface area contributed by atoms with E-state index in [1.54, 1.807) is 7.05 Å². The molecule has 1 fully saturated rings. The maximum Gasteiger partial charge on any atom is 0.409 e. The first-order chi connectivity index (χ1) is 5.12. The molecule has 1 heterocycles. The molecule has 0 spiro atoms. The highest BCUT2D eigenvalue weighted by atomic mass is 31.2. The van der Waals surface area contributed by atoms with Gasteiger partial charge in [-0.05, 0) is 7.05 Å². The monoisotopic (exact) mass is 175 g/mol. The zero-order valence-corrected chi connectivity index (χ0v) is 7.38. The Morgan fingerprint density at radius 2 is 2.55 bits per heavy atom. The number of nitrogens with zero attached hydrogens (tertiary/aromatic N) is 1. The Kier molecular flexibility index (Phi) is 2.36. The first kappa shape index (κ1) is 8.76. The van der Waals surface area contributed by atoms with Crippen LogP contribution >= 0.6 is 7.75 Å². The minimum absolute atomic E-state index is 0.411. The minimum Gasteiger partial charge on any atom is -0.300 e. The van der Waals surface area contributed by atoms with Crippen LogP contribution < -0.4 is 0 Å². The van der Waals surface area contributed by atoms with E-state index in [0.29, 0.717) is 6.54 Å². The standard InChI is InChI=1S/C6H10NO3P/c1-4-6-5-7(2)11(8,9-3)10-6/h1,6H,5H2,2-3H3. The van der Waals surface area contributed by atoms with E-state index in [4.69, 9.17) is 15.5 Å². The number of terminal acetylenes is 1. The van der Waals surface area contributed by atoms with Gasteiger partial charge in [0.15, 0.2) is 0 Å². The summed E-state index contributed by atoms with van der Waals surface area (Å²) in [6.45, 7) is 0.460. The van der Waals surface area contributed by atoms with Crippen LogP contribution in [-0.2, 0) is 13.6 Å². The first-order valence-corrected chi connectivity index (χ1v) is 4.64. The van der Waals surface area contributed by atoms with Crippen molar-refractivity contribution in [3.05, 3.63) is 0 Å². The Morgan fingerprint density at radius 1 is 1.91 bits per heavy atom. The van der Waals surface area contributed by atoms with Crippen LogP contribution in [0, 0.1) is 12.3 Å². The van der Waals surface area contributed by atoms with Crippen molar-refractivity contribution in [3.63, 3.8) is 0 Å². The van der Waals surface area contributed by atoms with Crippen LogP contribution in [0.4, 0.5) is 0 Å². The molecule has 0 aromatic heterocycles. The number of hydrogen-bond donors (Lipinski definition) is 0. The predicted octanol–water partition coefficient (Wildman–Crippen LogP) is 0.705. The molecule has 0 bridgehead atoms. The van der Waals surface area contributed by atoms with Gasteiger partial charge in [0.1, 0.15) is 6.10 Å². The molecule has 1 rings (SSSR count). The van der Waals surface area contributed by atoms with E-state index < -0.39 is 13.9 Å². The molecular weight excluding hydrogens is 165 g/mol. The fourth-order valence-electron chi connectivity index (χ4n) is 0.880. The van der Waals surface area contributed by atoms with E-state index in [0.717, 1.165) is 0 Å². The SMILES string of the molecule is C#CC1CN(C)P(=O)(OC)O1. The van der Waals surface area contributed by atoms with Gasteiger partial charge in [-0.15, -0.1) is 6.42 Å². The van der Waals surface area contributed by atoms with Crippen LogP contribution in [0.2, 0.25) is 0 Å². The van der Waals surface area contributed by atoms with Crippen LogP contribution in [0.3, 0.4) is 0 Å². The lowest BCUT2D eigenvalue weighted by Crippen LogP contribution is -2.14. The second-order valence-electron chi connectivity index (χ2n) is 2.25. The van der Waals surface area contributed by atoms with E-state index >= 15 is 0 Å². The van der Waals surface area contributed by atoms with Crippen molar-refractivity contribution < 1.29 is 13.6 Å². The molecule has 1 saturated heterocycles. The molecule has 1 aliphatic rings. The fraction of sp³-hybridized carbons (Fsp3) is 0.667. The average molecular weight is 175 g/mol. The van der Waals surface area contributed by atoms with Crippen molar-refractivity contribution in [2.45, 2.75) is 6.10 Å². The van der Waals surface area contributed by atoms with Gasteiger partial charge >= 0.3 is 7.75 Å². The molecule has 1 aliphatic heterocycles. The third kappa shape index (κ3) is 1.47.